The molecule has 0 aliphatic heterocycles. The van der Waals surface area contributed by atoms with Crippen molar-refractivity contribution in [1.29, 1.82) is 5.41 Å². The molecule has 0 atom stereocenters. The molecule has 0 aromatic carbocycles. The van der Waals surface area contributed by atoms with Gasteiger partial charge in [0.2, 0.25) is 0 Å². The summed E-state index contributed by atoms with van der Waals surface area (Å²) in [7, 11) is 0. The van der Waals surface area contributed by atoms with Gasteiger partial charge in [0, 0.05) is 0 Å². The number of hydrogen-bond donors (Lipinski definition) is 2. The van der Waals surface area contributed by atoms with Gasteiger partial charge in [-0.05, 0) is 23.7 Å². The van der Waals surface area contributed by atoms with Crippen LogP contribution in [0.2, 0.25) is 0 Å². The van der Waals surface area contributed by atoms with Crippen LogP contribution in [0.25, 0.3) is 0 Å². The molecule has 0 amide bonds. The van der Waals surface area contributed by atoms with Crippen LogP contribution >= 0.6 is 11.3 Å². The first kappa shape index (κ1) is 7.02. The van der Waals surface area contributed by atoms with Gasteiger partial charge in [-0.15, -0.1) is 11.3 Å². The number of rotatable bonds is 2. The molecule has 3 N–H and O–H groups in total. The van der Waals surface area contributed by atoms with Crippen molar-refractivity contribution in [1.82, 2.24) is 0 Å². The lowest BCUT2D eigenvalue weighted by Gasteiger charge is -1.88. The fraction of sp³-hybridized carbons (Fsp3) is 0. The molecular formula is C7H8N2S. The van der Waals surface area contributed by atoms with E-state index in [1.807, 2.05) is 17.5 Å². The first-order chi connectivity index (χ1) is 4.84. The Morgan fingerprint density at radius 1 is 1.70 bits per heavy atom. The molecule has 0 unspecified atom stereocenters. The third kappa shape index (κ3) is 1.45. The first-order valence-electron chi connectivity index (χ1n) is 2.85. The molecule has 0 aliphatic rings. The van der Waals surface area contributed by atoms with Gasteiger partial charge in [-0.1, -0.05) is 6.07 Å². The molecule has 1 heterocycles. The summed E-state index contributed by atoms with van der Waals surface area (Å²) >= 11 is 1.54. The predicted octanol–water partition coefficient (Wildman–Crippen LogP) is 1.59. The lowest BCUT2D eigenvalue weighted by molar-refractivity contribution is 1.51. The van der Waals surface area contributed by atoms with Gasteiger partial charge in [-0.2, -0.15) is 0 Å². The third-order valence-electron chi connectivity index (χ3n) is 1.05. The van der Waals surface area contributed by atoms with E-state index in [-0.39, 0.29) is 0 Å². The molecule has 1 rings (SSSR count). The smallest absolute Gasteiger partial charge is 0.0726 e. The van der Waals surface area contributed by atoms with E-state index in [2.05, 4.69) is 0 Å². The molecule has 2 nitrogen and oxygen atoms in total. The van der Waals surface area contributed by atoms with E-state index in [4.69, 9.17) is 11.1 Å². The third-order valence-corrected chi connectivity index (χ3v) is 1.95. The lowest BCUT2D eigenvalue weighted by Crippen LogP contribution is -1.91. The van der Waals surface area contributed by atoms with Gasteiger partial charge in [0.05, 0.1) is 10.6 Å². The predicted molar refractivity (Wildman–Crippen MR) is 44.5 cm³/mol. The van der Waals surface area contributed by atoms with E-state index < -0.39 is 0 Å². The van der Waals surface area contributed by atoms with E-state index in [1.54, 1.807) is 6.08 Å². The molecule has 0 radical (unpaired) electrons. The van der Waals surface area contributed by atoms with Crippen molar-refractivity contribution < 1.29 is 0 Å². The topological polar surface area (TPSA) is 49.9 Å². The maximum atomic E-state index is 7.39. The fourth-order valence-electron chi connectivity index (χ4n) is 0.610. The zero-order valence-electron chi connectivity index (χ0n) is 5.37. The van der Waals surface area contributed by atoms with Gasteiger partial charge in [-0.3, -0.25) is 5.41 Å². The highest BCUT2D eigenvalue weighted by Crippen LogP contribution is 2.08. The number of nitrogens with two attached hydrogens (primary N) is 1. The molecule has 0 bridgehead atoms. The molecule has 0 saturated carbocycles. The standard InChI is InChI=1S/C7H8N2S/c8-4-3-6(9)7-2-1-5-10-7/h1-5,9H,8H2. The quantitative estimate of drug-likeness (QED) is 0.621. The van der Waals surface area contributed by atoms with Crippen LogP contribution in [-0.2, 0) is 0 Å². The van der Waals surface area contributed by atoms with Crippen LogP contribution in [0.5, 0.6) is 0 Å². The summed E-state index contributed by atoms with van der Waals surface area (Å²) in [6.45, 7) is 0. The van der Waals surface area contributed by atoms with Crippen LogP contribution in [0.15, 0.2) is 29.8 Å². The Morgan fingerprint density at radius 3 is 3.00 bits per heavy atom. The van der Waals surface area contributed by atoms with Crippen LogP contribution in [0.4, 0.5) is 0 Å². The molecule has 0 spiro atoms. The molecule has 0 saturated heterocycles. The van der Waals surface area contributed by atoms with Gasteiger partial charge in [0.15, 0.2) is 0 Å². The highest BCUT2D eigenvalue weighted by atomic mass is 32.1. The minimum absolute atomic E-state index is 0.470. The monoisotopic (exact) mass is 152 g/mol. The maximum Gasteiger partial charge on any atom is 0.0726 e. The van der Waals surface area contributed by atoms with Crippen molar-refractivity contribution >= 4 is 17.0 Å². The van der Waals surface area contributed by atoms with E-state index >= 15 is 0 Å². The Labute approximate surface area is 63.5 Å². The van der Waals surface area contributed by atoms with Gasteiger partial charge >= 0.3 is 0 Å². The summed E-state index contributed by atoms with van der Waals surface area (Å²) in [6.07, 6.45) is 2.95. The molecule has 52 valence electrons. The Hall–Kier alpha value is -1.09. The average molecular weight is 152 g/mol. The molecule has 0 aliphatic carbocycles. The normalized spacial score (nSPS) is 10.4. The number of allylic oxidation sites excluding steroid dienone is 1. The summed E-state index contributed by atoms with van der Waals surface area (Å²) in [5.41, 5.74) is 5.59. The Balaban J connectivity index is 2.78. The molecule has 3 heteroatoms. The highest BCUT2D eigenvalue weighted by molar-refractivity contribution is 7.12. The minimum atomic E-state index is 0.470. The molecule has 0 fully saturated rings. The SMILES string of the molecule is N=C(C=CN)c1cccs1. The summed E-state index contributed by atoms with van der Waals surface area (Å²) in [5, 5.41) is 9.33. The Bertz CT molecular complexity index is 236. The zero-order valence-corrected chi connectivity index (χ0v) is 6.19. The van der Waals surface area contributed by atoms with Crippen LogP contribution in [0.1, 0.15) is 4.88 Å². The summed E-state index contributed by atoms with van der Waals surface area (Å²) in [5.74, 6) is 0. The van der Waals surface area contributed by atoms with Crippen molar-refractivity contribution in [3.8, 4) is 0 Å². The summed E-state index contributed by atoms with van der Waals surface area (Å²) < 4.78 is 0. The van der Waals surface area contributed by atoms with Crippen molar-refractivity contribution in [2.75, 3.05) is 0 Å². The summed E-state index contributed by atoms with van der Waals surface area (Å²) in [4.78, 5) is 0.946. The second-order valence-electron chi connectivity index (χ2n) is 1.75. The number of hydrogen-bond acceptors (Lipinski definition) is 3. The van der Waals surface area contributed by atoms with Crippen LogP contribution in [0, 0.1) is 5.41 Å². The van der Waals surface area contributed by atoms with Crippen LogP contribution in [0.3, 0.4) is 0 Å². The highest BCUT2D eigenvalue weighted by Gasteiger charge is 1.94. The Morgan fingerprint density at radius 2 is 2.50 bits per heavy atom. The lowest BCUT2D eigenvalue weighted by atomic mass is 10.3. The first-order valence-corrected chi connectivity index (χ1v) is 3.73. The van der Waals surface area contributed by atoms with Gasteiger partial charge in [0.1, 0.15) is 0 Å². The van der Waals surface area contributed by atoms with Crippen molar-refractivity contribution in [2.45, 2.75) is 0 Å². The summed E-state index contributed by atoms with van der Waals surface area (Å²) in [6, 6.07) is 3.81. The van der Waals surface area contributed by atoms with Crippen molar-refractivity contribution in [3.63, 3.8) is 0 Å². The van der Waals surface area contributed by atoms with E-state index in [0.717, 1.165) is 4.88 Å². The Kier molecular flexibility index (Phi) is 2.23. The number of nitrogens with one attached hydrogen (secondary N) is 1. The van der Waals surface area contributed by atoms with Crippen LogP contribution < -0.4 is 5.73 Å². The van der Waals surface area contributed by atoms with Gasteiger partial charge in [-0.25, -0.2) is 0 Å². The van der Waals surface area contributed by atoms with Gasteiger partial charge < -0.3 is 5.73 Å². The number of thiophene rings is 1. The largest absolute Gasteiger partial charge is 0.405 e. The fourth-order valence-corrected chi connectivity index (χ4v) is 1.27. The second kappa shape index (κ2) is 3.17. The molecule has 10 heavy (non-hydrogen) atoms. The van der Waals surface area contributed by atoms with Crippen molar-refractivity contribution in [3.05, 3.63) is 34.7 Å². The van der Waals surface area contributed by atoms with E-state index in [1.165, 1.54) is 17.5 Å². The van der Waals surface area contributed by atoms with E-state index in [9.17, 15) is 0 Å². The molecule has 1 aromatic heterocycles. The van der Waals surface area contributed by atoms with E-state index in [0.29, 0.717) is 5.71 Å². The maximum absolute atomic E-state index is 7.39. The average Bonchev–Trinajstić information content (AvgIpc) is 2.38. The molecular weight excluding hydrogens is 144 g/mol. The second-order valence-corrected chi connectivity index (χ2v) is 2.70. The van der Waals surface area contributed by atoms with Gasteiger partial charge in [0.25, 0.3) is 0 Å². The minimum Gasteiger partial charge on any atom is -0.405 e. The van der Waals surface area contributed by atoms with Crippen LogP contribution in [-0.4, -0.2) is 5.71 Å². The zero-order chi connectivity index (χ0) is 7.40. The molecule has 1 aromatic rings. The van der Waals surface area contributed by atoms with Crippen molar-refractivity contribution in [2.24, 2.45) is 5.73 Å².